The fourth-order valence-corrected chi connectivity index (χ4v) is 6.40. The lowest BCUT2D eigenvalue weighted by atomic mass is 9.49. The van der Waals surface area contributed by atoms with Gasteiger partial charge < -0.3 is 10.4 Å². The first-order valence-corrected chi connectivity index (χ1v) is 10.5. The Morgan fingerprint density at radius 3 is 2.15 bits per heavy atom. The minimum atomic E-state index is -0.905. The zero-order valence-corrected chi connectivity index (χ0v) is 16.2. The maximum absolute atomic E-state index is 12.9. The summed E-state index contributed by atoms with van der Waals surface area (Å²) in [7, 11) is 0. The number of nitrogens with one attached hydrogen (secondary N) is 1. The van der Waals surface area contributed by atoms with Gasteiger partial charge in [-0.05, 0) is 80.6 Å². The molecule has 4 saturated carbocycles. The fraction of sp³-hybridized carbons (Fsp3) is 0.652. The molecule has 4 aliphatic carbocycles. The topological polar surface area (TPSA) is 66.4 Å². The van der Waals surface area contributed by atoms with E-state index in [4.69, 9.17) is 0 Å². The summed E-state index contributed by atoms with van der Waals surface area (Å²) in [5.41, 5.74) is 2.47. The van der Waals surface area contributed by atoms with Crippen molar-refractivity contribution >= 4 is 11.9 Å². The fourth-order valence-electron chi connectivity index (χ4n) is 6.40. The van der Waals surface area contributed by atoms with E-state index in [1.807, 2.05) is 31.2 Å². The highest BCUT2D eigenvalue weighted by Crippen LogP contribution is 2.59. The Hall–Kier alpha value is -1.84. The van der Waals surface area contributed by atoms with Gasteiger partial charge in [0.25, 0.3) is 0 Å². The number of carboxylic acids is 1. The molecule has 0 aromatic heterocycles. The van der Waals surface area contributed by atoms with Crippen LogP contribution in [0.25, 0.3) is 0 Å². The summed E-state index contributed by atoms with van der Waals surface area (Å²) < 4.78 is 0. The number of hydrogen-bond acceptors (Lipinski definition) is 2. The van der Waals surface area contributed by atoms with Gasteiger partial charge in [0.2, 0.25) is 5.91 Å². The molecular weight excluding hydrogens is 338 g/mol. The van der Waals surface area contributed by atoms with E-state index in [0.29, 0.717) is 6.42 Å². The number of carboxylic acid groups (broad SMARTS) is 1. The minimum Gasteiger partial charge on any atom is -0.481 e. The van der Waals surface area contributed by atoms with Crippen molar-refractivity contribution in [2.75, 3.05) is 6.54 Å². The van der Waals surface area contributed by atoms with E-state index < -0.39 is 11.9 Å². The number of aryl methyl sites for hydroxylation is 1. The molecule has 4 aliphatic rings. The summed E-state index contributed by atoms with van der Waals surface area (Å²) in [4.78, 5) is 24.2. The molecule has 5 rings (SSSR count). The Labute approximate surface area is 161 Å². The zero-order chi connectivity index (χ0) is 19.0. The number of aliphatic carboxylic acids is 1. The van der Waals surface area contributed by atoms with Crippen LogP contribution < -0.4 is 5.32 Å². The van der Waals surface area contributed by atoms with Crippen molar-refractivity contribution in [3.8, 4) is 0 Å². The number of benzene rings is 1. The summed E-state index contributed by atoms with van der Waals surface area (Å²) in [6.07, 6.45) is 8.30. The van der Waals surface area contributed by atoms with Crippen LogP contribution >= 0.6 is 0 Å². The predicted octanol–water partition coefficient (Wildman–Crippen LogP) is 3.96. The first-order chi connectivity index (χ1) is 12.9. The summed E-state index contributed by atoms with van der Waals surface area (Å²) in [5, 5.41) is 12.4. The number of hydrogen-bond donors (Lipinski definition) is 2. The van der Waals surface area contributed by atoms with E-state index in [1.165, 1.54) is 44.1 Å². The number of carbonyl (C=O) groups is 2. The van der Waals surface area contributed by atoms with Gasteiger partial charge in [0.05, 0.1) is 12.3 Å². The molecule has 1 aromatic rings. The molecule has 27 heavy (non-hydrogen) atoms. The van der Waals surface area contributed by atoms with E-state index in [0.717, 1.165) is 29.9 Å². The molecule has 4 nitrogen and oxygen atoms in total. The van der Waals surface area contributed by atoms with E-state index in [9.17, 15) is 14.7 Å². The lowest BCUT2D eigenvalue weighted by Crippen LogP contribution is -2.51. The summed E-state index contributed by atoms with van der Waals surface area (Å²) in [6.45, 7) is 2.76. The lowest BCUT2D eigenvalue weighted by molar-refractivity contribution is -0.141. The van der Waals surface area contributed by atoms with Gasteiger partial charge in [-0.1, -0.05) is 29.8 Å². The molecule has 0 aliphatic heterocycles. The highest BCUT2D eigenvalue weighted by atomic mass is 16.4. The molecule has 0 saturated heterocycles. The van der Waals surface area contributed by atoms with E-state index in [-0.39, 0.29) is 17.7 Å². The highest BCUT2D eigenvalue weighted by molar-refractivity contribution is 5.83. The molecule has 4 bridgehead atoms. The molecule has 0 radical (unpaired) electrons. The number of amides is 1. The Morgan fingerprint density at radius 1 is 1.07 bits per heavy atom. The Kier molecular flexibility index (Phi) is 5.00. The molecule has 2 N–H and O–H groups in total. The SMILES string of the molecule is Cc1ccc(C[C@@H](CC(=O)O)C(=O)NCC23CC4CC(CC(C4)C2)C3)cc1. The van der Waals surface area contributed by atoms with Crippen molar-refractivity contribution in [3.63, 3.8) is 0 Å². The molecule has 0 unspecified atom stereocenters. The smallest absolute Gasteiger partial charge is 0.304 e. The first-order valence-electron chi connectivity index (χ1n) is 10.5. The van der Waals surface area contributed by atoms with Crippen molar-refractivity contribution in [3.05, 3.63) is 35.4 Å². The number of carbonyl (C=O) groups excluding carboxylic acids is 1. The van der Waals surface area contributed by atoms with Crippen molar-refractivity contribution in [2.45, 2.75) is 58.3 Å². The van der Waals surface area contributed by atoms with Crippen LogP contribution in [0.15, 0.2) is 24.3 Å². The average molecular weight is 370 g/mol. The van der Waals surface area contributed by atoms with Crippen LogP contribution in [0.3, 0.4) is 0 Å². The quantitative estimate of drug-likeness (QED) is 0.764. The van der Waals surface area contributed by atoms with Crippen LogP contribution in [0.2, 0.25) is 0 Å². The summed E-state index contributed by atoms with van der Waals surface area (Å²) in [6, 6.07) is 8.02. The first kappa shape index (κ1) is 18.5. The monoisotopic (exact) mass is 369 g/mol. The van der Waals surface area contributed by atoms with Crippen LogP contribution in [0, 0.1) is 36.0 Å². The number of rotatable bonds is 7. The second-order valence-electron chi connectivity index (χ2n) is 9.62. The molecule has 4 fully saturated rings. The third-order valence-corrected chi connectivity index (χ3v) is 7.20. The van der Waals surface area contributed by atoms with Crippen LogP contribution in [-0.4, -0.2) is 23.5 Å². The van der Waals surface area contributed by atoms with Crippen LogP contribution in [0.4, 0.5) is 0 Å². The molecule has 1 aromatic carbocycles. The van der Waals surface area contributed by atoms with Gasteiger partial charge in [-0.25, -0.2) is 0 Å². The third-order valence-electron chi connectivity index (χ3n) is 7.20. The van der Waals surface area contributed by atoms with Crippen molar-refractivity contribution in [2.24, 2.45) is 29.1 Å². The van der Waals surface area contributed by atoms with Crippen LogP contribution in [0.5, 0.6) is 0 Å². The largest absolute Gasteiger partial charge is 0.481 e. The standard InChI is InChI=1S/C23H31NO3/c1-15-2-4-16(5-3-15)9-20(10-21(25)26)22(27)24-14-23-11-17-6-18(12-23)8-19(7-17)13-23/h2-5,17-20H,6-14H2,1H3,(H,24,27)(H,25,26)/t17?,18?,19?,20-,23?/m0/s1. The lowest BCUT2D eigenvalue weighted by Gasteiger charge is -2.57. The molecule has 1 atom stereocenters. The highest BCUT2D eigenvalue weighted by Gasteiger charge is 2.50. The average Bonchev–Trinajstić information content (AvgIpc) is 2.59. The third kappa shape index (κ3) is 4.20. The summed E-state index contributed by atoms with van der Waals surface area (Å²) >= 11 is 0. The second-order valence-corrected chi connectivity index (χ2v) is 9.62. The predicted molar refractivity (Wildman–Crippen MR) is 104 cm³/mol. The zero-order valence-electron chi connectivity index (χ0n) is 16.2. The van der Waals surface area contributed by atoms with Gasteiger partial charge >= 0.3 is 5.97 Å². The maximum atomic E-state index is 12.9. The van der Waals surface area contributed by atoms with Crippen LogP contribution in [0.1, 0.15) is 56.1 Å². The molecule has 146 valence electrons. The van der Waals surface area contributed by atoms with E-state index in [2.05, 4.69) is 5.32 Å². The molecule has 0 heterocycles. The molecule has 0 spiro atoms. The van der Waals surface area contributed by atoms with Gasteiger partial charge in [0.1, 0.15) is 0 Å². The van der Waals surface area contributed by atoms with Crippen molar-refractivity contribution in [1.29, 1.82) is 0 Å². The van der Waals surface area contributed by atoms with Crippen molar-refractivity contribution in [1.82, 2.24) is 5.32 Å². The van der Waals surface area contributed by atoms with Gasteiger partial charge in [0.15, 0.2) is 0 Å². The van der Waals surface area contributed by atoms with Gasteiger partial charge in [0, 0.05) is 6.54 Å². The normalized spacial score (nSPS) is 32.3. The van der Waals surface area contributed by atoms with E-state index in [1.54, 1.807) is 0 Å². The van der Waals surface area contributed by atoms with E-state index >= 15 is 0 Å². The van der Waals surface area contributed by atoms with Gasteiger partial charge in [-0.15, -0.1) is 0 Å². The maximum Gasteiger partial charge on any atom is 0.304 e. The Balaban J connectivity index is 1.39. The Bertz CT molecular complexity index is 674. The second kappa shape index (κ2) is 7.29. The molecule has 4 heteroatoms. The Morgan fingerprint density at radius 2 is 1.63 bits per heavy atom. The molecular formula is C23H31NO3. The molecule has 1 amide bonds. The van der Waals surface area contributed by atoms with Crippen molar-refractivity contribution < 1.29 is 14.7 Å². The van der Waals surface area contributed by atoms with Gasteiger partial charge in [-0.3, -0.25) is 9.59 Å². The van der Waals surface area contributed by atoms with Crippen LogP contribution in [-0.2, 0) is 16.0 Å². The summed E-state index contributed by atoms with van der Waals surface area (Å²) in [5.74, 6) is 1.08. The minimum absolute atomic E-state index is 0.0891. The van der Waals surface area contributed by atoms with Gasteiger partial charge in [-0.2, -0.15) is 0 Å².